The second kappa shape index (κ2) is 9.64. The Morgan fingerprint density at radius 2 is 2.19 bits per heavy atom. The second-order valence-corrected chi connectivity index (χ2v) is 10.1. The molecule has 1 unspecified atom stereocenters. The highest BCUT2D eigenvalue weighted by atomic mass is 32.2. The Balaban J connectivity index is 1.90. The van der Waals surface area contributed by atoms with Crippen LogP contribution in [0.15, 0.2) is 34.2 Å². The van der Waals surface area contributed by atoms with Gasteiger partial charge in [-0.2, -0.15) is 0 Å². The van der Waals surface area contributed by atoms with Crippen molar-refractivity contribution >= 4 is 39.2 Å². The van der Waals surface area contributed by atoms with Crippen molar-refractivity contribution in [3.8, 4) is 11.4 Å². The summed E-state index contributed by atoms with van der Waals surface area (Å²) in [4.78, 5) is 35.5. The molecule has 4 rings (SSSR count). The molecule has 32 heavy (non-hydrogen) atoms. The molecule has 1 aliphatic rings. The van der Waals surface area contributed by atoms with Gasteiger partial charge in [-0.25, -0.2) is 4.98 Å². The minimum atomic E-state index is -0.388. The smallest absolute Gasteiger partial charge is 0.267 e. The average Bonchev–Trinajstić information content (AvgIpc) is 3.16. The van der Waals surface area contributed by atoms with Crippen LogP contribution in [0.1, 0.15) is 31.2 Å². The first kappa shape index (κ1) is 22.8. The molecule has 0 radical (unpaired) electrons. The number of amides is 1. The summed E-state index contributed by atoms with van der Waals surface area (Å²) >= 11 is 2.90. The van der Waals surface area contributed by atoms with Crippen molar-refractivity contribution in [2.45, 2.75) is 44.1 Å². The molecule has 0 bridgehead atoms. The molecule has 1 amide bonds. The van der Waals surface area contributed by atoms with E-state index in [1.165, 1.54) is 16.6 Å². The second-order valence-electron chi connectivity index (χ2n) is 7.69. The summed E-state index contributed by atoms with van der Waals surface area (Å²) in [6, 6.07) is 7.40. The van der Waals surface area contributed by atoms with Crippen LogP contribution in [0.4, 0.5) is 0 Å². The average molecular weight is 473 g/mol. The van der Waals surface area contributed by atoms with E-state index in [1.54, 1.807) is 23.0 Å². The van der Waals surface area contributed by atoms with Crippen LogP contribution < -0.4 is 15.6 Å². The van der Waals surface area contributed by atoms with Crippen molar-refractivity contribution in [3.63, 3.8) is 0 Å². The van der Waals surface area contributed by atoms with E-state index < -0.39 is 0 Å². The fraction of sp³-hybridized carbons (Fsp3) is 0.435. The van der Waals surface area contributed by atoms with Crippen LogP contribution in [-0.4, -0.2) is 52.4 Å². The molecule has 0 fully saturated rings. The summed E-state index contributed by atoms with van der Waals surface area (Å²) < 4.78 is 7.01. The number of nitrogens with zero attached hydrogens (tertiary/aromatic N) is 3. The van der Waals surface area contributed by atoms with Crippen molar-refractivity contribution in [1.82, 2.24) is 19.8 Å². The monoisotopic (exact) mass is 472 g/mol. The molecule has 0 saturated heterocycles. The summed E-state index contributed by atoms with van der Waals surface area (Å²) in [7, 11) is 1.60. The zero-order valence-electron chi connectivity index (χ0n) is 18.8. The molecule has 0 saturated carbocycles. The zero-order chi connectivity index (χ0) is 22.8. The first-order valence-electron chi connectivity index (χ1n) is 10.8. The number of likely N-dealkylation sites (N-methyl/N-ethyl adjacent to an activating group) is 1. The number of hydrogen-bond acceptors (Lipinski definition) is 7. The first-order valence-corrected chi connectivity index (χ1v) is 12.5. The predicted molar refractivity (Wildman–Crippen MR) is 130 cm³/mol. The molecule has 3 aromatic rings. The Bertz CT molecular complexity index is 1200. The lowest BCUT2D eigenvalue weighted by atomic mass is 10.1. The fourth-order valence-corrected chi connectivity index (χ4v) is 6.19. The quantitative estimate of drug-likeness (QED) is 0.419. The Morgan fingerprint density at radius 3 is 2.91 bits per heavy atom. The van der Waals surface area contributed by atoms with Gasteiger partial charge in [-0.3, -0.25) is 19.1 Å². The maximum atomic E-state index is 13.9. The van der Waals surface area contributed by atoms with Crippen molar-refractivity contribution < 1.29 is 9.53 Å². The molecule has 1 N–H and O–H groups in total. The molecule has 0 spiro atoms. The van der Waals surface area contributed by atoms with Crippen molar-refractivity contribution in [2.75, 3.05) is 26.7 Å². The normalized spacial score (nSPS) is 14.9. The number of nitrogens with one attached hydrogen (secondary N) is 1. The van der Waals surface area contributed by atoms with Crippen molar-refractivity contribution in [1.29, 1.82) is 0 Å². The van der Waals surface area contributed by atoms with Gasteiger partial charge in [0.2, 0.25) is 5.91 Å². The molecule has 0 aliphatic carbocycles. The summed E-state index contributed by atoms with van der Waals surface area (Å²) in [5, 5.41) is 3.68. The third-order valence-electron chi connectivity index (χ3n) is 5.68. The standard InChI is InChI=1S/C23H28N4O3S2/c1-5-24-20(28)14(3)31-23-25-21-19(17-10-11-26(6-2)13-18(17)32-21)22(29)27(23)15-8-7-9-16(12-15)30-4/h7-9,12,14H,5-6,10-11,13H2,1-4H3,(H,24,28). The number of benzene rings is 1. The van der Waals surface area contributed by atoms with Gasteiger partial charge in [-0.15, -0.1) is 11.3 Å². The SMILES string of the molecule is CCNC(=O)C(C)Sc1nc2sc3c(c2c(=O)n1-c1cccc(OC)c1)CCN(CC)C3. The Morgan fingerprint density at radius 1 is 1.38 bits per heavy atom. The van der Waals surface area contributed by atoms with Crippen molar-refractivity contribution in [3.05, 3.63) is 45.1 Å². The molecule has 9 heteroatoms. The molecular formula is C23H28N4O3S2. The van der Waals surface area contributed by atoms with Gasteiger partial charge in [0, 0.05) is 30.6 Å². The van der Waals surface area contributed by atoms with Crippen LogP contribution >= 0.6 is 23.1 Å². The minimum absolute atomic E-state index is 0.0758. The third-order valence-corrected chi connectivity index (χ3v) is 7.85. The number of hydrogen-bond donors (Lipinski definition) is 1. The number of thioether (sulfide) groups is 1. The number of carbonyl (C=O) groups is 1. The van der Waals surface area contributed by atoms with E-state index >= 15 is 0 Å². The molecular weight excluding hydrogens is 444 g/mol. The topological polar surface area (TPSA) is 76.5 Å². The van der Waals surface area contributed by atoms with E-state index in [4.69, 9.17) is 9.72 Å². The molecule has 170 valence electrons. The number of ether oxygens (including phenoxy) is 1. The Kier molecular flexibility index (Phi) is 6.88. The highest BCUT2D eigenvalue weighted by Crippen LogP contribution is 2.35. The van der Waals surface area contributed by atoms with Crippen LogP contribution in [0, 0.1) is 0 Å². The predicted octanol–water partition coefficient (Wildman–Crippen LogP) is 3.45. The van der Waals surface area contributed by atoms with E-state index in [0.717, 1.165) is 36.4 Å². The van der Waals surface area contributed by atoms with E-state index in [2.05, 4.69) is 17.1 Å². The highest BCUT2D eigenvalue weighted by Gasteiger charge is 2.26. The van der Waals surface area contributed by atoms with Crippen molar-refractivity contribution in [2.24, 2.45) is 0 Å². The van der Waals surface area contributed by atoms with E-state index in [9.17, 15) is 9.59 Å². The molecule has 2 aromatic heterocycles. The van der Waals surface area contributed by atoms with E-state index in [0.29, 0.717) is 28.5 Å². The van der Waals surface area contributed by atoms with Gasteiger partial charge in [-0.05, 0) is 44.5 Å². The Labute approximate surface area is 195 Å². The van der Waals surface area contributed by atoms with Crippen LogP contribution in [0.25, 0.3) is 15.9 Å². The maximum Gasteiger partial charge on any atom is 0.267 e. The van der Waals surface area contributed by atoms with E-state index in [1.807, 2.05) is 38.1 Å². The summed E-state index contributed by atoms with van der Waals surface area (Å²) in [5.74, 6) is 0.584. The van der Waals surface area contributed by atoms with Gasteiger partial charge in [0.1, 0.15) is 10.6 Å². The third kappa shape index (κ3) is 4.29. The molecule has 1 aliphatic heterocycles. The van der Waals surface area contributed by atoms with Crippen LogP contribution in [0.2, 0.25) is 0 Å². The lowest BCUT2D eigenvalue weighted by Crippen LogP contribution is -2.32. The van der Waals surface area contributed by atoms with Crippen LogP contribution in [0.5, 0.6) is 5.75 Å². The van der Waals surface area contributed by atoms with Gasteiger partial charge in [0.15, 0.2) is 5.16 Å². The van der Waals surface area contributed by atoms with E-state index in [-0.39, 0.29) is 16.7 Å². The molecule has 3 heterocycles. The number of aromatic nitrogens is 2. The number of methoxy groups -OCH3 is 1. The van der Waals surface area contributed by atoms with Gasteiger partial charge in [-0.1, -0.05) is 24.8 Å². The van der Waals surface area contributed by atoms with Crippen LogP contribution in [-0.2, 0) is 17.8 Å². The summed E-state index contributed by atoms with van der Waals surface area (Å²) in [6.07, 6.45) is 0.847. The van der Waals surface area contributed by atoms with Crippen LogP contribution in [0.3, 0.4) is 0 Å². The summed E-state index contributed by atoms with van der Waals surface area (Å²) in [5.41, 5.74) is 1.72. The van der Waals surface area contributed by atoms with Gasteiger partial charge in [0.25, 0.3) is 5.56 Å². The van der Waals surface area contributed by atoms with Gasteiger partial charge in [0.05, 0.1) is 23.4 Å². The fourth-order valence-electron chi connectivity index (χ4n) is 3.93. The first-order chi connectivity index (χ1) is 15.5. The highest BCUT2D eigenvalue weighted by molar-refractivity contribution is 8.00. The molecule has 1 atom stereocenters. The van der Waals surface area contributed by atoms with Gasteiger partial charge < -0.3 is 10.1 Å². The number of rotatable bonds is 7. The zero-order valence-corrected chi connectivity index (χ0v) is 20.4. The number of fused-ring (bicyclic) bond motifs is 3. The lowest BCUT2D eigenvalue weighted by Gasteiger charge is -2.25. The lowest BCUT2D eigenvalue weighted by molar-refractivity contribution is -0.120. The largest absolute Gasteiger partial charge is 0.497 e. The molecule has 7 nitrogen and oxygen atoms in total. The maximum absolute atomic E-state index is 13.9. The van der Waals surface area contributed by atoms with Gasteiger partial charge >= 0.3 is 0 Å². The minimum Gasteiger partial charge on any atom is -0.497 e. The number of carbonyl (C=O) groups excluding carboxylic acids is 1. The number of thiophene rings is 1. The molecule has 1 aromatic carbocycles. The Hall–Kier alpha value is -2.36. The summed E-state index contributed by atoms with van der Waals surface area (Å²) in [6.45, 7) is 9.22.